The number of hydrazone groups is 1. The van der Waals surface area contributed by atoms with Crippen molar-refractivity contribution < 1.29 is 19.1 Å². The van der Waals surface area contributed by atoms with Gasteiger partial charge in [-0.25, -0.2) is 10.2 Å². The number of carbonyl (C=O) groups excluding carboxylic acids is 3. The van der Waals surface area contributed by atoms with Gasteiger partial charge in [-0.15, -0.1) is 0 Å². The van der Waals surface area contributed by atoms with Gasteiger partial charge in [0.2, 0.25) is 5.91 Å². The normalized spacial score (nSPS) is 13.9. The van der Waals surface area contributed by atoms with Crippen molar-refractivity contribution in [2.45, 2.75) is 26.2 Å². The maximum atomic E-state index is 11.8. The van der Waals surface area contributed by atoms with Gasteiger partial charge in [-0.1, -0.05) is 19.1 Å². The molecule has 7 heteroatoms. The highest BCUT2D eigenvalue weighted by atomic mass is 16.5. The van der Waals surface area contributed by atoms with Crippen LogP contribution in [0.5, 0.6) is 0 Å². The summed E-state index contributed by atoms with van der Waals surface area (Å²) in [5.74, 6) is -1.37. The monoisotopic (exact) mass is 303 g/mol. The fraction of sp³-hybridized carbons (Fsp3) is 0.333. The van der Waals surface area contributed by atoms with E-state index in [0.717, 1.165) is 12.0 Å². The molecule has 7 nitrogen and oxygen atoms in total. The molecule has 2 rings (SSSR count). The van der Waals surface area contributed by atoms with Crippen molar-refractivity contribution in [1.29, 1.82) is 0 Å². The molecule has 2 N–H and O–H groups in total. The van der Waals surface area contributed by atoms with E-state index in [1.165, 1.54) is 0 Å². The molecular weight excluding hydrogens is 286 g/mol. The van der Waals surface area contributed by atoms with Gasteiger partial charge in [0, 0.05) is 18.5 Å². The van der Waals surface area contributed by atoms with Crippen LogP contribution in [0.2, 0.25) is 0 Å². The van der Waals surface area contributed by atoms with Gasteiger partial charge in [-0.2, -0.15) is 5.10 Å². The van der Waals surface area contributed by atoms with Gasteiger partial charge < -0.3 is 10.1 Å². The molecule has 0 fully saturated rings. The van der Waals surface area contributed by atoms with Crippen molar-refractivity contribution in [3.63, 3.8) is 0 Å². The second-order valence-corrected chi connectivity index (χ2v) is 4.77. The molecule has 1 aromatic carbocycles. The van der Waals surface area contributed by atoms with Crippen LogP contribution < -0.4 is 10.7 Å². The Balaban J connectivity index is 1.82. The summed E-state index contributed by atoms with van der Waals surface area (Å²) in [6, 6.07) is 7.44. The number of rotatable bonds is 5. The minimum absolute atomic E-state index is 0.111. The SMILES string of the molecule is CCc1cccc(NC(=O)COC(=O)C2=NNC(=O)CC2)c1. The molecule has 116 valence electrons. The molecule has 1 aromatic rings. The second-order valence-electron chi connectivity index (χ2n) is 4.77. The number of nitrogens with one attached hydrogen (secondary N) is 2. The molecule has 0 radical (unpaired) electrons. The predicted molar refractivity (Wildman–Crippen MR) is 80.2 cm³/mol. The van der Waals surface area contributed by atoms with Crippen LogP contribution in [-0.4, -0.2) is 30.1 Å². The standard InChI is InChI=1S/C15H17N3O4/c1-2-10-4-3-5-11(8-10)16-14(20)9-22-15(21)12-6-7-13(19)18-17-12/h3-5,8H,2,6-7,9H2,1H3,(H,16,20)(H,18,19). The predicted octanol–water partition coefficient (Wildman–Crippen LogP) is 0.997. The lowest BCUT2D eigenvalue weighted by atomic mass is 10.1. The first kappa shape index (κ1) is 15.7. The number of amides is 2. The van der Waals surface area contributed by atoms with E-state index in [1.54, 1.807) is 6.07 Å². The van der Waals surface area contributed by atoms with Crippen molar-refractivity contribution in [3.05, 3.63) is 29.8 Å². The zero-order chi connectivity index (χ0) is 15.9. The van der Waals surface area contributed by atoms with Crippen molar-refractivity contribution in [1.82, 2.24) is 5.43 Å². The summed E-state index contributed by atoms with van der Waals surface area (Å²) >= 11 is 0. The molecule has 0 saturated heterocycles. The van der Waals surface area contributed by atoms with Gasteiger partial charge >= 0.3 is 5.97 Å². The number of ether oxygens (including phenoxy) is 1. The van der Waals surface area contributed by atoms with Crippen molar-refractivity contribution in [3.8, 4) is 0 Å². The summed E-state index contributed by atoms with van der Waals surface area (Å²) in [6.07, 6.45) is 1.26. The van der Waals surface area contributed by atoms with E-state index in [9.17, 15) is 14.4 Å². The van der Waals surface area contributed by atoms with Gasteiger partial charge in [0.1, 0.15) is 5.71 Å². The van der Waals surface area contributed by atoms with Crippen LogP contribution in [0.4, 0.5) is 5.69 Å². The Labute approximate surface area is 127 Å². The second kappa shape index (κ2) is 7.35. The summed E-state index contributed by atoms with van der Waals surface area (Å²) in [7, 11) is 0. The van der Waals surface area contributed by atoms with Gasteiger partial charge in [-0.3, -0.25) is 9.59 Å². The van der Waals surface area contributed by atoms with E-state index in [-0.39, 0.29) is 24.5 Å². The lowest BCUT2D eigenvalue weighted by molar-refractivity contribution is -0.140. The molecule has 0 aromatic heterocycles. The van der Waals surface area contributed by atoms with Crippen LogP contribution in [0.15, 0.2) is 29.4 Å². The Morgan fingerprint density at radius 1 is 1.36 bits per heavy atom. The third-order valence-electron chi connectivity index (χ3n) is 3.09. The Morgan fingerprint density at radius 2 is 2.18 bits per heavy atom. The number of nitrogens with zero attached hydrogens (tertiary/aromatic N) is 1. The maximum Gasteiger partial charge on any atom is 0.355 e. The first-order valence-corrected chi connectivity index (χ1v) is 7.00. The molecule has 0 saturated carbocycles. The largest absolute Gasteiger partial charge is 0.451 e. The topological polar surface area (TPSA) is 96.9 Å². The summed E-state index contributed by atoms with van der Waals surface area (Å²) < 4.78 is 4.87. The molecule has 0 spiro atoms. The average Bonchev–Trinajstić information content (AvgIpc) is 2.53. The van der Waals surface area contributed by atoms with E-state index in [4.69, 9.17) is 4.74 Å². The lowest BCUT2D eigenvalue weighted by Crippen LogP contribution is -2.32. The molecule has 2 amide bonds. The number of aryl methyl sites for hydroxylation is 1. The molecule has 1 aliphatic rings. The number of hydrogen-bond acceptors (Lipinski definition) is 5. The zero-order valence-electron chi connectivity index (χ0n) is 12.2. The van der Waals surface area contributed by atoms with Crippen molar-refractivity contribution >= 4 is 29.2 Å². The zero-order valence-corrected chi connectivity index (χ0v) is 12.2. The minimum atomic E-state index is -0.697. The third-order valence-corrected chi connectivity index (χ3v) is 3.09. The maximum absolute atomic E-state index is 11.8. The Bertz CT molecular complexity index is 625. The van der Waals surface area contributed by atoms with Gasteiger partial charge in [-0.05, 0) is 24.1 Å². The van der Waals surface area contributed by atoms with Crippen LogP contribution in [0.1, 0.15) is 25.3 Å². The smallest absolute Gasteiger partial charge is 0.355 e. The van der Waals surface area contributed by atoms with Crippen LogP contribution >= 0.6 is 0 Å². The van der Waals surface area contributed by atoms with Gasteiger partial charge in [0.25, 0.3) is 5.91 Å². The molecule has 0 unspecified atom stereocenters. The minimum Gasteiger partial charge on any atom is -0.451 e. The van der Waals surface area contributed by atoms with E-state index < -0.39 is 18.5 Å². The molecule has 0 atom stereocenters. The Hall–Kier alpha value is -2.70. The average molecular weight is 303 g/mol. The van der Waals surface area contributed by atoms with Crippen LogP contribution in [0, 0.1) is 0 Å². The highest BCUT2D eigenvalue weighted by Gasteiger charge is 2.20. The van der Waals surface area contributed by atoms with E-state index in [1.807, 2.05) is 25.1 Å². The fourth-order valence-electron chi connectivity index (χ4n) is 1.90. The van der Waals surface area contributed by atoms with Crippen LogP contribution in [-0.2, 0) is 25.5 Å². The lowest BCUT2D eigenvalue weighted by Gasteiger charge is -2.11. The summed E-state index contributed by atoms with van der Waals surface area (Å²) in [5, 5.41) is 6.26. The first-order valence-electron chi connectivity index (χ1n) is 7.00. The van der Waals surface area contributed by atoms with Crippen LogP contribution in [0.25, 0.3) is 0 Å². The molecule has 22 heavy (non-hydrogen) atoms. The molecule has 0 aliphatic carbocycles. The number of hydrogen-bond donors (Lipinski definition) is 2. The summed E-state index contributed by atoms with van der Waals surface area (Å²) in [5.41, 5.74) is 4.07. The number of esters is 1. The van der Waals surface area contributed by atoms with Crippen LogP contribution in [0.3, 0.4) is 0 Å². The first-order chi connectivity index (χ1) is 10.6. The molecule has 1 aliphatic heterocycles. The number of benzene rings is 1. The Morgan fingerprint density at radius 3 is 2.86 bits per heavy atom. The number of anilines is 1. The van der Waals surface area contributed by atoms with Gasteiger partial charge in [0.15, 0.2) is 6.61 Å². The third kappa shape index (κ3) is 4.41. The summed E-state index contributed by atoms with van der Waals surface area (Å²) in [4.78, 5) is 34.3. The van der Waals surface area contributed by atoms with Crippen molar-refractivity contribution in [2.75, 3.05) is 11.9 Å². The van der Waals surface area contributed by atoms with E-state index in [2.05, 4.69) is 15.8 Å². The fourth-order valence-corrected chi connectivity index (χ4v) is 1.90. The van der Waals surface area contributed by atoms with E-state index >= 15 is 0 Å². The molecular formula is C15H17N3O4. The molecule has 0 bridgehead atoms. The van der Waals surface area contributed by atoms with Crippen molar-refractivity contribution in [2.24, 2.45) is 5.10 Å². The molecule has 1 heterocycles. The van der Waals surface area contributed by atoms with Gasteiger partial charge in [0.05, 0.1) is 0 Å². The quantitative estimate of drug-likeness (QED) is 0.793. The highest BCUT2D eigenvalue weighted by molar-refractivity contribution is 6.37. The summed E-state index contributed by atoms with van der Waals surface area (Å²) in [6.45, 7) is 1.62. The highest BCUT2D eigenvalue weighted by Crippen LogP contribution is 2.11. The Kier molecular flexibility index (Phi) is 5.24. The number of carbonyl (C=O) groups is 3. The van der Waals surface area contributed by atoms with E-state index in [0.29, 0.717) is 5.69 Å².